The van der Waals surface area contributed by atoms with Crippen LogP contribution in [0.3, 0.4) is 0 Å². The number of nitrogens with zero attached hydrogens (tertiary/aromatic N) is 5. The minimum absolute atomic E-state index is 0.0512. The third kappa shape index (κ3) is 3.41. The number of carbonyl (C=O) groups excluding carboxylic acids is 3. The summed E-state index contributed by atoms with van der Waals surface area (Å²) in [5, 5.41) is 11.2. The number of rotatable bonds is 5. The van der Waals surface area contributed by atoms with Crippen molar-refractivity contribution in [2.75, 3.05) is 6.73 Å². The van der Waals surface area contributed by atoms with Crippen LogP contribution < -0.4 is 0 Å². The molecule has 0 atom stereocenters. The molecule has 2 heterocycles. The molecule has 29 heavy (non-hydrogen) atoms. The van der Waals surface area contributed by atoms with Gasteiger partial charge in [-0.15, -0.1) is 5.10 Å². The van der Waals surface area contributed by atoms with Gasteiger partial charge >= 0.3 is 5.97 Å². The van der Waals surface area contributed by atoms with E-state index in [1.165, 1.54) is 4.68 Å². The van der Waals surface area contributed by atoms with Gasteiger partial charge < -0.3 is 4.74 Å². The van der Waals surface area contributed by atoms with Crippen LogP contribution in [-0.2, 0) is 9.53 Å². The summed E-state index contributed by atoms with van der Waals surface area (Å²) >= 11 is 0. The van der Waals surface area contributed by atoms with Crippen LogP contribution in [0.4, 0.5) is 0 Å². The molecular weight excluding hydrogens is 374 g/mol. The van der Waals surface area contributed by atoms with Gasteiger partial charge in [0.1, 0.15) is 0 Å². The topological polar surface area (TPSA) is 107 Å². The van der Waals surface area contributed by atoms with Crippen molar-refractivity contribution in [3.8, 4) is 0 Å². The second kappa shape index (κ2) is 7.47. The lowest BCUT2D eigenvalue weighted by Crippen LogP contribution is -2.33. The van der Waals surface area contributed by atoms with Crippen LogP contribution in [0.2, 0.25) is 0 Å². The van der Waals surface area contributed by atoms with Crippen LogP contribution in [0, 0.1) is 6.92 Å². The van der Waals surface area contributed by atoms with Gasteiger partial charge in [0.2, 0.25) is 0 Å². The maximum absolute atomic E-state index is 12.8. The number of benzene rings is 2. The highest BCUT2D eigenvalue weighted by Gasteiger charge is 2.36. The zero-order chi connectivity index (χ0) is 20.4. The zero-order valence-corrected chi connectivity index (χ0v) is 15.3. The molecule has 0 bridgehead atoms. The van der Waals surface area contributed by atoms with Crippen LogP contribution in [0.25, 0.3) is 11.8 Å². The fourth-order valence-electron chi connectivity index (χ4n) is 2.92. The Morgan fingerprint density at radius 1 is 1.00 bits per heavy atom. The summed E-state index contributed by atoms with van der Waals surface area (Å²) in [6.07, 6.45) is 1.56. The van der Waals surface area contributed by atoms with Crippen LogP contribution in [-0.4, -0.2) is 49.6 Å². The number of ether oxygens (including phenoxy) is 1. The highest BCUT2D eigenvalue weighted by atomic mass is 16.5. The molecule has 9 heteroatoms. The molecule has 1 aliphatic heterocycles. The molecule has 0 aliphatic carbocycles. The molecule has 2 aromatic carbocycles. The summed E-state index contributed by atoms with van der Waals surface area (Å²) < 4.78 is 6.51. The first-order valence-corrected chi connectivity index (χ1v) is 8.70. The highest BCUT2D eigenvalue weighted by molar-refractivity contribution is 6.21. The summed E-state index contributed by atoms with van der Waals surface area (Å²) in [7, 11) is 0. The lowest BCUT2D eigenvalue weighted by Gasteiger charge is -2.15. The van der Waals surface area contributed by atoms with E-state index in [2.05, 4.69) is 15.5 Å². The minimum atomic E-state index is -0.777. The number of carbonyl (C=O) groups is 3. The van der Waals surface area contributed by atoms with Crippen LogP contribution >= 0.6 is 0 Å². The van der Waals surface area contributed by atoms with Gasteiger partial charge in [-0.1, -0.05) is 42.5 Å². The van der Waals surface area contributed by atoms with Crippen molar-refractivity contribution >= 4 is 29.6 Å². The van der Waals surface area contributed by atoms with Crippen molar-refractivity contribution in [2.45, 2.75) is 6.92 Å². The molecule has 1 aromatic heterocycles. The molecule has 9 nitrogen and oxygen atoms in total. The number of imide groups is 1. The van der Waals surface area contributed by atoms with Gasteiger partial charge in [0.25, 0.3) is 11.8 Å². The van der Waals surface area contributed by atoms with Crippen molar-refractivity contribution < 1.29 is 19.1 Å². The minimum Gasteiger partial charge on any atom is -0.439 e. The van der Waals surface area contributed by atoms with E-state index < -0.39 is 24.5 Å². The van der Waals surface area contributed by atoms with Crippen molar-refractivity contribution in [3.05, 3.63) is 77.1 Å². The Balaban J connectivity index is 1.57. The highest BCUT2D eigenvalue weighted by Crippen LogP contribution is 2.22. The first kappa shape index (κ1) is 18.2. The molecule has 0 N–H and O–H groups in total. The van der Waals surface area contributed by atoms with Crippen LogP contribution in [0.5, 0.6) is 0 Å². The van der Waals surface area contributed by atoms with Gasteiger partial charge in [-0.25, -0.2) is 9.69 Å². The van der Waals surface area contributed by atoms with Crippen molar-refractivity contribution in [1.82, 2.24) is 25.1 Å². The summed E-state index contributed by atoms with van der Waals surface area (Å²) in [5.41, 5.74) is 1.35. The van der Waals surface area contributed by atoms with E-state index in [0.29, 0.717) is 5.82 Å². The number of hydrogen-bond acceptors (Lipinski definition) is 7. The Hall–Kier alpha value is -4.14. The molecule has 0 unspecified atom stereocenters. The Bertz CT molecular complexity index is 1100. The number of aryl methyl sites for hydroxylation is 1. The Labute approximate surface area is 165 Å². The Kier molecular flexibility index (Phi) is 4.70. The van der Waals surface area contributed by atoms with Crippen LogP contribution in [0.15, 0.2) is 54.6 Å². The lowest BCUT2D eigenvalue weighted by molar-refractivity contribution is -0.139. The zero-order valence-electron chi connectivity index (χ0n) is 15.3. The van der Waals surface area contributed by atoms with Gasteiger partial charge in [-0.2, -0.15) is 4.68 Å². The molecule has 0 radical (unpaired) electrons. The third-order valence-electron chi connectivity index (χ3n) is 4.37. The van der Waals surface area contributed by atoms with Gasteiger partial charge in [0.05, 0.1) is 11.1 Å². The molecule has 0 saturated heterocycles. The number of hydrogen-bond donors (Lipinski definition) is 0. The molecule has 3 aromatic rings. The first-order valence-electron chi connectivity index (χ1n) is 8.70. The van der Waals surface area contributed by atoms with Gasteiger partial charge in [0.15, 0.2) is 18.3 Å². The quantitative estimate of drug-likeness (QED) is 0.372. The number of fused-ring (bicyclic) bond motifs is 1. The SMILES string of the molecule is Cc1nnnn1/C(=C/c1ccccc1)C(=O)OCN1C(=O)c2ccccc2C1=O. The summed E-state index contributed by atoms with van der Waals surface area (Å²) in [6.45, 7) is 1.12. The van der Waals surface area contributed by atoms with Gasteiger partial charge in [-0.05, 0) is 41.1 Å². The average Bonchev–Trinajstić information content (AvgIpc) is 3.27. The third-order valence-corrected chi connectivity index (χ3v) is 4.37. The number of esters is 1. The van der Waals surface area contributed by atoms with Crippen molar-refractivity contribution in [2.24, 2.45) is 0 Å². The fourth-order valence-corrected chi connectivity index (χ4v) is 2.92. The summed E-state index contributed by atoms with van der Waals surface area (Å²) in [4.78, 5) is 38.5. The molecule has 0 saturated carbocycles. The van der Waals surface area contributed by atoms with E-state index in [-0.39, 0.29) is 16.8 Å². The molecule has 2 amide bonds. The Morgan fingerprint density at radius 2 is 1.62 bits per heavy atom. The maximum atomic E-state index is 12.8. The van der Waals surface area contributed by atoms with Gasteiger partial charge in [-0.3, -0.25) is 9.59 Å². The molecule has 1 aliphatic rings. The summed E-state index contributed by atoms with van der Waals surface area (Å²) in [5.74, 6) is -1.41. The number of tetrazole rings is 1. The fraction of sp³-hybridized carbons (Fsp3) is 0.100. The van der Waals surface area contributed by atoms with E-state index in [1.807, 2.05) is 18.2 Å². The van der Waals surface area contributed by atoms with Crippen molar-refractivity contribution in [1.29, 1.82) is 0 Å². The maximum Gasteiger partial charge on any atom is 0.358 e. The summed E-state index contributed by atoms with van der Waals surface area (Å²) in [6, 6.07) is 15.5. The van der Waals surface area contributed by atoms with E-state index in [9.17, 15) is 14.4 Å². The lowest BCUT2D eigenvalue weighted by atomic mass is 10.1. The molecule has 0 spiro atoms. The monoisotopic (exact) mass is 389 g/mol. The molecular formula is C20H15N5O4. The predicted octanol–water partition coefficient (Wildman–Crippen LogP) is 1.78. The first-order chi connectivity index (χ1) is 14.1. The standard InChI is InChI=1S/C20H15N5O4/c1-13-21-22-23-25(13)17(11-14-7-3-2-4-8-14)20(28)29-12-24-18(26)15-9-5-6-10-16(15)19(24)27/h2-11H,12H2,1H3/b17-11+. The van der Waals surface area contributed by atoms with E-state index in [4.69, 9.17) is 4.74 Å². The van der Waals surface area contributed by atoms with Crippen LogP contribution in [0.1, 0.15) is 32.1 Å². The second-order valence-corrected chi connectivity index (χ2v) is 6.22. The second-order valence-electron chi connectivity index (χ2n) is 6.22. The smallest absolute Gasteiger partial charge is 0.358 e. The Morgan fingerprint density at radius 3 is 2.21 bits per heavy atom. The van der Waals surface area contributed by atoms with Crippen molar-refractivity contribution in [3.63, 3.8) is 0 Å². The molecule has 0 fully saturated rings. The largest absolute Gasteiger partial charge is 0.439 e. The average molecular weight is 389 g/mol. The predicted molar refractivity (Wildman–Crippen MR) is 101 cm³/mol. The van der Waals surface area contributed by atoms with Gasteiger partial charge in [0, 0.05) is 0 Å². The van der Waals surface area contributed by atoms with E-state index in [1.54, 1.807) is 49.4 Å². The van der Waals surface area contributed by atoms with E-state index in [0.717, 1.165) is 10.5 Å². The van der Waals surface area contributed by atoms with E-state index >= 15 is 0 Å². The molecule has 144 valence electrons. The normalized spacial score (nSPS) is 13.6. The number of amides is 2. The number of aromatic nitrogens is 4. The molecule has 4 rings (SSSR count).